The van der Waals surface area contributed by atoms with Gasteiger partial charge in [0.2, 0.25) is 0 Å². The minimum atomic E-state index is -0.895. The van der Waals surface area contributed by atoms with E-state index in [1.807, 2.05) is 60.7 Å². The lowest BCUT2D eigenvalue weighted by molar-refractivity contribution is -0.136. The number of hydrazone groups is 1. The second-order valence-electron chi connectivity index (χ2n) is 6.74. The Balaban J connectivity index is 1.51. The van der Waals surface area contributed by atoms with Crippen LogP contribution < -0.4 is 10.7 Å². The highest BCUT2D eigenvalue weighted by molar-refractivity contribution is 6.39. The molecule has 0 saturated heterocycles. The van der Waals surface area contributed by atoms with Crippen molar-refractivity contribution in [1.29, 1.82) is 0 Å². The van der Waals surface area contributed by atoms with Crippen molar-refractivity contribution in [3.63, 3.8) is 0 Å². The van der Waals surface area contributed by atoms with Gasteiger partial charge in [0, 0.05) is 28.0 Å². The Morgan fingerprint density at radius 3 is 2.22 bits per heavy atom. The number of hydrogen-bond donors (Lipinski definition) is 2. The fourth-order valence-corrected chi connectivity index (χ4v) is 3.07. The molecule has 0 aliphatic heterocycles. The summed E-state index contributed by atoms with van der Waals surface area (Å²) in [4.78, 5) is 24.2. The van der Waals surface area contributed by atoms with Gasteiger partial charge in [-0.2, -0.15) is 10.2 Å². The van der Waals surface area contributed by atoms with Gasteiger partial charge in [-0.05, 0) is 36.4 Å². The van der Waals surface area contributed by atoms with Crippen LogP contribution in [0.2, 0.25) is 5.02 Å². The van der Waals surface area contributed by atoms with E-state index in [4.69, 9.17) is 11.6 Å². The van der Waals surface area contributed by atoms with E-state index in [1.165, 1.54) is 6.21 Å². The molecule has 2 N–H and O–H groups in total. The SMILES string of the molecule is O=C(N/N=C\c1cn(-c2ccccc2)nc1-c1ccccc1)C(=O)Nc1ccc(Cl)cc1. The number of para-hydroxylation sites is 1. The van der Waals surface area contributed by atoms with Crippen LogP contribution >= 0.6 is 11.6 Å². The van der Waals surface area contributed by atoms with Crippen molar-refractivity contribution in [2.24, 2.45) is 5.10 Å². The number of carbonyl (C=O) groups is 2. The molecule has 0 aliphatic carbocycles. The Morgan fingerprint density at radius 2 is 1.53 bits per heavy atom. The van der Waals surface area contributed by atoms with Crippen molar-refractivity contribution >= 4 is 35.3 Å². The zero-order valence-electron chi connectivity index (χ0n) is 16.8. The molecule has 0 atom stereocenters. The number of nitrogens with zero attached hydrogens (tertiary/aromatic N) is 3. The maximum absolute atomic E-state index is 12.1. The van der Waals surface area contributed by atoms with Crippen LogP contribution in [-0.2, 0) is 9.59 Å². The molecule has 0 bridgehead atoms. The quantitative estimate of drug-likeness (QED) is 0.274. The van der Waals surface area contributed by atoms with Crippen molar-refractivity contribution in [2.75, 3.05) is 5.32 Å². The minimum absolute atomic E-state index is 0.453. The molecule has 0 aliphatic rings. The van der Waals surface area contributed by atoms with Gasteiger partial charge in [-0.25, -0.2) is 10.1 Å². The van der Waals surface area contributed by atoms with E-state index in [0.717, 1.165) is 11.3 Å². The molecule has 4 rings (SSSR count). The summed E-state index contributed by atoms with van der Waals surface area (Å²) >= 11 is 5.82. The summed E-state index contributed by atoms with van der Waals surface area (Å²) in [5.41, 5.74) is 5.85. The molecule has 0 radical (unpaired) electrons. The van der Waals surface area contributed by atoms with Gasteiger partial charge in [-0.3, -0.25) is 9.59 Å². The van der Waals surface area contributed by atoms with Gasteiger partial charge in [0.25, 0.3) is 0 Å². The van der Waals surface area contributed by atoms with E-state index in [1.54, 1.807) is 35.1 Å². The van der Waals surface area contributed by atoms with Crippen molar-refractivity contribution in [3.8, 4) is 16.9 Å². The maximum atomic E-state index is 12.1. The molecule has 0 saturated carbocycles. The van der Waals surface area contributed by atoms with E-state index in [-0.39, 0.29) is 0 Å². The Kier molecular flexibility index (Phi) is 6.38. The highest BCUT2D eigenvalue weighted by Crippen LogP contribution is 2.22. The average molecular weight is 444 g/mol. The number of nitrogens with one attached hydrogen (secondary N) is 2. The molecule has 7 nitrogen and oxygen atoms in total. The second kappa shape index (κ2) is 9.72. The van der Waals surface area contributed by atoms with Crippen LogP contribution in [-0.4, -0.2) is 27.8 Å². The van der Waals surface area contributed by atoms with E-state index < -0.39 is 11.8 Å². The zero-order chi connectivity index (χ0) is 22.3. The third-order valence-electron chi connectivity index (χ3n) is 4.49. The number of aromatic nitrogens is 2. The lowest BCUT2D eigenvalue weighted by Crippen LogP contribution is -2.32. The smallest absolute Gasteiger partial charge is 0.318 e. The summed E-state index contributed by atoms with van der Waals surface area (Å²) < 4.78 is 1.73. The highest BCUT2D eigenvalue weighted by Gasteiger charge is 2.14. The minimum Gasteiger partial charge on any atom is -0.318 e. The fourth-order valence-electron chi connectivity index (χ4n) is 2.95. The largest absolute Gasteiger partial charge is 0.329 e. The summed E-state index contributed by atoms with van der Waals surface area (Å²) in [6.07, 6.45) is 3.27. The van der Waals surface area contributed by atoms with Gasteiger partial charge in [0.05, 0.1) is 11.9 Å². The molecule has 0 fully saturated rings. The van der Waals surface area contributed by atoms with Gasteiger partial charge >= 0.3 is 11.8 Å². The van der Waals surface area contributed by atoms with E-state index in [0.29, 0.717) is 22.0 Å². The predicted octanol–water partition coefficient (Wildman–Crippen LogP) is 4.28. The lowest BCUT2D eigenvalue weighted by atomic mass is 10.1. The van der Waals surface area contributed by atoms with Crippen LogP contribution in [0.25, 0.3) is 16.9 Å². The van der Waals surface area contributed by atoms with Crippen LogP contribution in [0.15, 0.2) is 96.2 Å². The molecular weight excluding hydrogens is 426 g/mol. The number of halogens is 1. The van der Waals surface area contributed by atoms with Crippen LogP contribution in [0, 0.1) is 0 Å². The predicted molar refractivity (Wildman–Crippen MR) is 125 cm³/mol. The van der Waals surface area contributed by atoms with Gasteiger partial charge in [-0.1, -0.05) is 60.1 Å². The third kappa shape index (κ3) is 5.08. The molecule has 8 heteroatoms. The van der Waals surface area contributed by atoms with Crippen molar-refractivity contribution in [2.45, 2.75) is 0 Å². The molecule has 32 heavy (non-hydrogen) atoms. The monoisotopic (exact) mass is 443 g/mol. The molecule has 1 heterocycles. The first-order valence-electron chi connectivity index (χ1n) is 9.70. The summed E-state index contributed by atoms with van der Waals surface area (Å²) in [5.74, 6) is -1.74. The first kappa shape index (κ1) is 21.0. The number of carbonyl (C=O) groups excluding carboxylic acids is 2. The molecule has 4 aromatic rings. The first-order chi connectivity index (χ1) is 15.6. The topological polar surface area (TPSA) is 88.4 Å². The van der Waals surface area contributed by atoms with E-state index in [9.17, 15) is 9.59 Å². The molecule has 3 aromatic carbocycles. The number of rotatable bonds is 5. The first-order valence-corrected chi connectivity index (χ1v) is 10.1. The molecule has 1 aromatic heterocycles. The summed E-state index contributed by atoms with van der Waals surface area (Å²) in [6.45, 7) is 0. The Morgan fingerprint density at radius 1 is 0.875 bits per heavy atom. The maximum Gasteiger partial charge on any atom is 0.329 e. The third-order valence-corrected chi connectivity index (χ3v) is 4.74. The zero-order valence-corrected chi connectivity index (χ0v) is 17.5. The summed E-state index contributed by atoms with van der Waals surface area (Å²) in [7, 11) is 0. The van der Waals surface area contributed by atoms with E-state index in [2.05, 4.69) is 20.9 Å². The highest BCUT2D eigenvalue weighted by atomic mass is 35.5. The van der Waals surface area contributed by atoms with Crippen molar-refractivity contribution < 1.29 is 9.59 Å². The van der Waals surface area contributed by atoms with Crippen LogP contribution in [0.4, 0.5) is 5.69 Å². The van der Waals surface area contributed by atoms with Crippen molar-refractivity contribution in [1.82, 2.24) is 15.2 Å². The molecule has 2 amide bonds. The Bertz CT molecular complexity index is 1250. The van der Waals surface area contributed by atoms with Gasteiger partial charge in [-0.15, -0.1) is 0 Å². The standard InChI is InChI=1S/C24H18ClN5O2/c25-19-11-13-20(14-12-19)27-23(31)24(32)28-26-15-18-16-30(21-9-5-2-6-10-21)29-22(18)17-7-3-1-4-8-17/h1-16H,(H,27,31)(H,28,32)/b26-15-. The summed E-state index contributed by atoms with van der Waals surface area (Å²) in [6, 6.07) is 25.7. The average Bonchev–Trinajstić information content (AvgIpc) is 3.26. The number of benzene rings is 3. The van der Waals surface area contributed by atoms with Crippen LogP contribution in [0.1, 0.15) is 5.56 Å². The molecule has 0 unspecified atom stereocenters. The number of hydrogen-bond acceptors (Lipinski definition) is 4. The van der Waals surface area contributed by atoms with Gasteiger partial charge in [0.15, 0.2) is 0 Å². The normalized spacial score (nSPS) is 10.8. The van der Waals surface area contributed by atoms with Gasteiger partial charge < -0.3 is 5.32 Å². The second-order valence-corrected chi connectivity index (χ2v) is 7.18. The van der Waals surface area contributed by atoms with Gasteiger partial charge in [0.1, 0.15) is 5.69 Å². The molecular formula is C24H18ClN5O2. The Hall–Kier alpha value is -4.23. The van der Waals surface area contributed by atoms with Crippen LogP contribution in [0.3, 0.4) is 0 Å². The van der Waals surface area contributed by atoms with Crippen LogP contribution in [0.5, 0.6) is 0 Å². The van der Waals surface area contributed by atoms with E-state index >= 15 is 0 Å². The summed E-state index contributed by atoms with van der Waals surface area (Å²) in [5, 5.41) is 11.6. The molecule has 0 spiro atoms. The lowest BCUT2D eigenvalue weighted by Gasteiger charge is -2.03. The molecule has 158 valence electrons. The Labute approximate surface area is 189 Å². The van der Waals surface area contributed by atoms with Crippen molar-refractivity contribution in [3.05, 3.63) is 102 Å². The fraction of sp³-hybridized carbons (Fsp3) is 0. The number of anilines is 1. The number of amides is 2.